The SMILES string of the molecule is CC(C)(C)OC(=O)C[C@](C)(NC(=O)c1ccccc1)C(=O)O. The number of carbonyl (C=O) groups excluding carboxylic acids is 2. The molecule has 0 aliphatic heterocycles. The first-order chi connectivity index (χ1) is 10.0. The Balaban J connectivity index is 2.86. The summed E-state index contributed by atoms with van der Waals surface area (Å²) < 4.78 is 5.12. The lowest BCUT2D eigenvalue weighted by molar-refractivity contribution is -0.160. The Morgan fingerprint density at radius 3 is 2.09 bits per heavy atom. The fourth-order valence-corrected chi connectivity index (χ4v) is 1.75. The van der Waals surface area contributed by atoms with E-state index in [4.69, 9.17) is 4.74 Å². The van der Waals surface area contributed by atoms with E-state index < -0.39 is 35.4 Å². The highest BCUT2D eigenvalue weighted by atomic mass is 16.6. The molecule has 0 aliphatic carbocycles. The highest BCUT2D eigenvalue weighted by Gasteiger charge is 2.39. The van der Waals surface area contributed by atoms with E-state index in [0.717, 1.165) is 0 Å². The summed E-state index contributed by atoms with van der Waals surface area (Å²) in [6, 6.07) is 8.20. The van der Waals surface area contributed by atoms with Crippen LogP contribution in [0.1, 0.15) is 44.5 Å². The maximum absolute atomic E-state index is 12.1. The molecule has 22 heavy (non-hydrogen) atoms. The molecular formula is C16H21NO5. The maximum Gasteiger partial charge on any atom is 0.329 e. The minimum absolute atomic E-state index is 0.319. The van der Waals surface area contributed by atoms with Gasteiger partial charge in [-0.3, -0.25) is 9.59 Å². The molecule has 0 unspecified atom stereocenters. The summed E-state index contributed by atoms with van der Waals surface area (Å²) in [4.78, 5) is 35.4. The molecule has 6 nitrogen and oxygen atoms in total. The zero-order chi connectivity index (χ0) is 17.0. The molecule has 120 valence electrons. The van der Waals surface area contributed by atoms with Gasteiger partial charge in [0, 0.05) is 5.56 Å². The van der Waals surface area contributed by atoms with Crippen LogP contribution in [0.3, 0.4) is 0 Å². The van der Waals surface area contributed by atoms with E-state index in [0.29, 0.717) is 5.56 Å². The number of ether oxygens (including phenoxy) is 1. The molecule has 1 aromatic rings. The van der Waals surface area contributed by atoms with Gasteiger partial charge in [-0.1, -0.05) is 18.2 Å². The Morgan fingerprint density at radius 1 is 1.09 bits per heavy atom. The summed E-state index contributed by atoms with van der Waals surface area (Å²) >= 11 is 0. The molecule has 2 N–H and O–H groups in total. The van der Waals surface area contributed by atoms with Crippen molar-refractivity contribution in [2.75, 3.05) is 0 Å². The van der Waals surface area contributed by atoms with Crippen molar-refractivity contribution in [2.45, 2.75) is 45.3 Å². The second-order valence-corrected chi connectivity index (χ2v) is 6.22. The third kappa shape index (κ3) is 5.20. The van der Waals surface area contributed by atoms with Crippen LogP contribution < -0.4 is 5.32 Å². The summed E-state index contributed by atoms with van der Waals surface area (Å²) in [6.07, 6.45) is -0.460. The van der Waals surface area contributed by atoms with E-state index in [1.54, 1.807) is 51.1 Å². The summed E-state index contributed by atoms with van der Waals surface area (Å²) in [5.41, 5.74) is -2.14. The van der Waals surface area contributed by atoms with Crippen LogP contribution in [0.2, 0.25) is 0 Å². The highest BCUT2D eigenvalue weighted by Crippen LogP contribution is 2.16. The molecule has 0 heterocycles. The minimum Gasteiger partial charge on any atom is -0.479 e. The smallest absolute Gasteiger partial charge is 0.329 e. The molecule has 0 bridgehead atoms. The van der Waals surface area contributed by atoms with E-state index >= 15 is 0 Å². The molecule has 0 spiro atoms. The van der Waals surface area contributed by atoms with Crippen LogP contribution in [0.15, 0.2) is 30.3 Å². The van der Waals surface area contributed by atoms with E-state index in [2.05, 4.69) is 5.32 Å². The molecule has 0 aromatic heterocycles. The van der Waals surface area contributed by atoms with Crippen LogP contribution in [0.5, 0.6) is 0 Å². The van der Waals surface area contributed by atoms with Crippen molar-refractivity contribution in [1.82, 2.24) is 5.32 Å². The van der Waals surface area contributed by atoms with Gasteiger partial charge >= 0.3 is 11.9 Å². The first kappa shape index (κ1) is 17.7. The predicted octanol–water partition coefficient (Wildman–Crippen LogP) is 1.99. The number of carboxylic acids is 1. The van der Waals surface area contributed by atoms with Gasteiger partial charge in [-0.25, -0.2) is 4.79 Å². The van der Waals surface area contributed by atoms with Gasteiger partial charge in [-0.05, 0) is 39.8 Å². The van der Waals surface area contributed by atoms with Crippen molar-refractivity contribution in [1.29, 1.82) is 0 Å². The third-order valence-electron chi connectivity index (χ3n) is 2.82. The molecule has 1 amide bonds. The largest absolute Gasteiger partial charge is 0.479 e. The number of nitrogens with one attached hydrogen (secondary N) is 1. The second kappa shape index (κ2) is 6.60. The average Bonchev–Trinajstić information content (AvgIpc) is 2.36. The van der Waals surface area contributed by atoms with Crippen LogP contribution in [0.25, 0.3) is 0 Å². The molecule has 0 fully saturated rings. The van der Waals surface area contributed by atoms with Crippen molar-refractivity contribution in [3.05, 3.63) is 35.9 Å². The lowest BCUT2D eigenvalue weighted by Gasteiger charge is -2.27. The Bertz CT molecular complexity index is 562. The highest BCUT2D eigenvalue weighted by molar-refractivity contribution is 5.98. The topological polar surface area (TPSA) is 92.7 Å². The van der Waals surface area contributed by atoms with Crippen LogP contribution in [0, 0.1) is 0 Å². The lowest BCUT2D eigenvalue weighted by Crippen LogP contribution is -2.54. The van der Waals surface area contributed by atoms with Crippen molar-refractivity contribution < 1.29 is 24.2 Å². The van der Waals surface area contributed by atoms with Gasteiger partial charge in [0.25, 0.3) is 5.91 Å². The number of rotatable bonds is 5. The maximum atomic E-state index is 12.1. The van der Waals surface area contributed by atoms with Crippen molar-refractivity contribution >= 4 is 17.8 Å². The van der Waals surface area contributed by atoms with Crippen molar-refractivity contribution in [3.63, 3.8) is 0 Å². The van der Waals surface area contributed by atoms with Gasteiger partial charge in [0.15, 0.2) is 0 Å². The zero-order valence-corrected chi connectivity index (χ0v) is 13.2. The molecule has 0 saturated carbocycles. The van der Waals surface area contributed by atoms with Gasteiger partial charge in [-0.2, -0.15) is 0 Å². The summed E-state index contributed by atoms with van der Waals surface area (Å²) in [7, 11) is 0. The number of carbonyl (C=O) groups is 3. The van der Waals surface area contributed by atoms with Crippen LogP contribution in [0.4, 0.5) is 0 Å². The van der Waals surface area contributed by atoms with Gasteiger partial charge in [0.1, 0.15) is 11.1 Å². The first-order valence-corrected chi connectivity index (χ1v) is 6.86. The number of esters is 1. The van der Waals surface area contributed by atoms with E-state index in [-0.39, 0.29) is 0 Å². The standard InChI is InChI=1S/C16H21NO5/c1-15(2,3)22-12(18)10-16(4,14(20)21)17-13(19)11-8-6-5-7-9-11/h5-9H,10H2,1-4H3,(H,17,19)(H,20,21)/t16-/m0/s1. The molecule has 1 rings (SSSR count). The Labute approximate surface area is 129 Å². The molecule has 1 atom stereocenters. The Kier molecular flexibility index (Phi) is 5.30. The predicted molar refractivity (Wildman–Crippen MR) is 80.4 cm³/mol. The number of benzene rings is 1. The van der Waals surface area contributed by atoms with Gasteiger partial charge in [0.2, 0.25) is 0 Å². The average molecular weight is 307 g/mol. The van der Waals surface area contributed by atoms with Gasteiger partial charge < -0.3 is 15.2 Å². The molecule has 1 aromatic carbocycles. The summed E-state index contributed by atoms with van der Waals surface area (Å²) in [5, 5.41) is 11.7. The monoisotopic (exact) mass is 307 g/mol. The molecule has 0 radical (unpaired) electrons. The number of carboxylic acid groups (broad SMARTS) is 1. The fraction of sp³-hybridized carbons (Fsp3) is 0.438. The lowest BCUT2D eigenvalue weighted by atomic mass is 9.97. The number of hydrogen-bond acceptors (Lipinski definition) is 4. The summed E-state index contributed by atoms with van der Waals surface area (Å²) in [5.74, 6) is -2.55. The fourth-order valence-electron chi connectivity index (χ4n) is 1.75. The van der Waals surface area contributed by atoms with E-state index in [9.17, 15) is 19.5 Å². The van der Waals surface area contributed by atoms with Gasteiger partial charge in [0.05, 0.1) is 6.42 Å². The number of amides is 1. The molecule has 0 saturated heterocycles. The normalized spacial score (nSPS) is 13.8. The third-order valence-corrected chi connectivity index (χ3v) is 2.82. The van der Waals surface area contributed by atoms with E-state index in [1.165, 1.54) is 6.92 Å². The Morgan fingerprint density at radius 2 is 1.64 bits per heavy atom. The molecular weight excluding hydrogens is 286 g/mol. The molecule has 0 aliphatic rings. The van der Waals surface area contributed by atoms with E-state index in [1.807, 2.05) is 0 Å². The summed E-state index contributed by atoms with van der Waals surface area (Å²) in [6.45, 7) is 6.34. The van der Waals surface area contributed by atoms with Crippen LogP contribution in [-0.2, 0) is 14.3 Å². The number of hydrogen-bond donors (Lipinski definition) is 2. The number of aliphatic carboxylic acids is 1. The minimum atomic E-state index is -1.74. The molecule has 6 heteroatoms. The van der Waals surface area contributed by atoms with Crippen molar-refractivity contribution in [2.24, 2.45) is 0 Å². The zero-order valence-electron chi connectivity index (χ0n) is 13.2. The second-order valence-electron chi connectivity index (χ2n) is 6.22. The Hall–Kier alpha value is -2.37. The van der Waals surface area contributed by atoms with Gasteiger partial charge in [-0.15, -0.1) is 0 Å². The van der Waals surface area contributed by atoms with Crippen LogP contribution >= 0.6 is 0 Å². The van der Waals surface area contributed by atoms with Crippen molar-refractivity contribution in [3.8, 4) is 0 Å². The van der Waals surface area contributed by atoms with Crippen LogP contribution in [-0.4, -0.2) is 34.1 Å². The quantitative estimate of drug-likeness (QED) is 0.812. The first-order valence-electron chi connectivity index (χ1n) is 6.86.